The van der Waals surface area contributed by atoms with Crippen LogP contribution >= 0.6 is 0 Å². The van der Waals surface area contributed by atoms with Crippen molar-refractivity contribution < 1.29 is 9.90 Å². The molecule has 1 heterocycles. The molecule has 5 nitrogen and oxygen atoms in total. The first-order chi connectivity index (χ1) is 12.0. The lowest BCUT2D eigenvalue weighted by molar-refractivity contribution is -0.138. The van der Waals surface area contributed by atoms with E-state index in [9.17, 15) is 4.79 Å². The van der Waals surface area contributed by atoms with Crippen molar-refractivity contribution in [2.24, 2.45) is 17.8 Å². The number of benzene rings is 1. The highest BCUT2D eigenvalue weighted by molar-refractivity contribution is 5.93. The maximum Gasteiger partial charge on any atom is 0.320 e. The third-order valence-corrected chi connectivity index (χ3v) is 3.79. The van der Waals surface area contributed by atoms with Crippen molar-refractivity contribution in [3.05, 3.63) is 54.3 Å². The van der Waals surface area contributed by atoms with Gasteiger partial charge < -0.3 is 15.4 Å². The average molecular weight is 341 g/mol. The summed E-state index contributed by atoms with van der Waals surface area (Å²) in [5, 5.41) is 10.0. The summed E-state index contributed by atoms with van der Waals surface area (Å²) in [5.41, 5.74) is 9.62. The number of carboxylic acids is 1. The van der Waals surface area contributed by atoms with Gasteiger partial charge in [0.1, 0.15) is 6.04 Å². The fourth-order valence-electron chi connectivity index (χ4n) is 2.57. The van der Waals surface area contributed by atoms with Gasteiger partial charge in [-0.05, 0) is 28.8 Å². The summed E-state index contributed by atoms with van der Waals surface area (Å²) in [7, 11) is 3.66. The van der Waals surface area contributed by atoms with E-state index in [-0.39, 0.29) is 0 Å². The van der Waals surface area contributed by atoms with Crippen LogP contribution in [0.4, 0.5) is 0 Å². The van der Waals surface area contributed by atoms with Gasteiger partial charge in [-0.1, -0.05) is 38.6 Å². The van der Waals surface area contributed by atoms with E-state index in [1.165, 1.54) is 0 Å². The number of nitrogens with zero attached hydrogens (tertiary/aromatic N) is 2. The molecule has 0 fully saturated rings. The zero-order valence-electron chi connectivity index (χ0n) is 15.4. The van der Waals surface area contributed by atoms with Gasteiger partial charge in [0.25, 0.3) is 0 Å². The highest BCUT2D eigenvalue weighted by Crippen LogP contribution is 2.26. The number of carboxylic acid groups (broad SMARTS) is 1. The van der Waals surface area contributed by atoms with Crippen molar-refractivity contribution >= 4 is 28.7 Å². The van der Waals surface area contributed by atoms with E-state index in [1.54, 1.807) is 19.3 Å². The molecular weight excluding hydrogens is 314 g/mol. The van der Waals surface area contributed by atoms with Crippen LogP contribution in [-0.2, 0) is 18.3 Å². The number of hydrogen-bond acceptors (Lipinski definition) is 3. The number of fused-ring (bicyclic) bond motifs is 1. The second-order valence-corrected chi connectivity index (χ2v) is 5.38. The molecule has 0 amide bonds. The first kappa shape index (κ1) is 20.4. The minimum absolute atomic E-state index is 0.304. The number of aromatic nitrogens is 1. The topological polar surface area (TPSA) is 80.6 Å². The summed E-state index contributed by atoms with van der Waals surface area (Å²) in [6.07, 6.45) is 7.65. The Hall–Kier alpha value is -2.66. The molecule has 0 aliphatic heterocycles. The number of rotatable bonds is 6. The fraction of sp³-hybridized carbons (Fsp3) is 0.300. The Bertz CT molecular complexity index is 801. The maximum atomic E-state index is 11.0. The molecule has 0 radical (unpaired) electrons. The van der Waals surface area contributed by atoms with E-state index in [1.807, 2.05) is 49.9 Å². The Kier molecular flexibility index (Phi) is 7.82. The van der Waals surface area contributed by atoms with E-state index < -0.39 is 12.0 Å². The van der Waals surface area contributed by atoms with Gasteiger partial charge in [0.15, 0.2) is 0 Å². The Morgan fingerprint density at radius 2 is 2.12 bits per heavy atom. The summed E-state index contributed by atoms with van der Waals surface area (Å²) >= 11 is 0. The van der Waals surface area contributed by atoms with Crippen molar-refractivity contribution in [2.75, 3.05) is 7.05 Å². The maximum absolute atomic E-state index is 11.0. The summed E-state index contributed by atoms with van der Waals surface area (Å²) in [6.45, 7) is 7.84. The highest BCUT2D eigenvalue weighted by atomic mass is 16.4. The van der Waals surface area contributed by atoms with E-state index in [0.29, 0.717) is 6.42 Å². The molecule has 0 saturated heterocycles. The molecule has 134 valence electrons. The van der Waals surface area contributed by atoms with Gasteiger partial charge in [0.05, 0.1) is 0 Å². The van der Waals surface area contributed by atoms with Crippen molar-refractivity contribution in [2.45, 2.75) is 26.3 Å². The van der Waals surface area contributed by atoms with Gasteiger partial charge in [0, 0.05) is 43.8 Å². The summed E-state index contributed by atoms with van der Waals surface area (Å²) in [5.74, 6) is -0.991. The van der Waals surface area contributed by atoms with Crippen LogP contribution in [0.25, 0.3) is 16.5 Å². The summed E-state index contributed by atoms with van der Waals surface area (Å²) in [4.78, 5) is 14.9. The normalized spacial score (nSPS) is 12.8. The second kappa shape index (κ2) is 9.59. The predicted molar refractivity (Wildman–Crippen MR) is 106 cm³/mol. The molecule has 0 saturated carbocycles. The lowest BCUT2D eigenvalue weighted by Gasteiger charge is -2.06. The van der Waals surface area contributed by atoms with E-state index >= 15 is 0 Å². The standard InChI is InChI=1S/C18H21N3O2.C2H6/c1-4-12(7-8-20-2)13-5-6-15-14(9-16(19)18(22)23)11-21(3)17(15)10-13;1-2/h4-8,10-11,16H,1,9,19H2,2-3H3,(H,22,23);1-2H3/b12-7+,20-8?;. The van der Waals surface area contributed by atoms with Crippen LogP contribution in [-0.4, -0.2) is 34.9 Å². The lowest BCUT2D eigenvalue weighted by atomic mass is 10.0. The summed E-state index contributed by atoms with van der Waals surface area (Å²) < 4.78 is 1.98. The van der Waals surface area contributed by atoms with E-state index in [2.05, 4.69) is 17.6 Å². The van der Waals surface area contributed by atoms with Crippen LogP contribution < -0.4 is 5.73 Å². The molecular formula is C20H27N3O2. The van der Waals surface area contributed by atoms with Gasteiger partial charge in [-0.3, -0.25) is 9.79 Å². The Morgan fingerprint density at radius 1 is 1.44 bits per heavy atom. The lowest BCUT2D eigenvalue weighted by Crippen LogP contribution is -2.32. The minimum atomic E-state index is -0.991. The van der Waals surface area contributed by atoms with Crippen molar-refractivity contribution in [1.82, 2.24) is 4.57 Å². The van der Waals surface area contributed by atoms with Gasteiger partial charge in [-0.2, -0.15) is 0 Å². The van der Waals surface area contributed by atoms with Gasteiger partial charge >= 0.3 is 5.97 Å². The zero-order chi connectivity index (χ0) is 19.0. The third-order valence-electron chi connectivity index (χ3n) is 3.79. The van der Waals surface area contributed by atoms with Crippen molar-refractivity contribution in [3.8, 4) is 0 Å². The SMILES string of the molecule is C=C/C(=C\C=NC)c1ccc2c(CC(N)C(=O)O)cn(C)c2c1.CC. The average Bonchev–Trinajstić information content (AvgIpc) is 2.92. The van der Waals surface area contributed by atoms with E-state index in [0.717, 1.165) is 27.6 Å². The molecule has 0 aliphatic rings. The number of hydrogen-bond donors (Lipinski definition) is 2. The number of aliphatic imine (C=N–C) groups is 1. The molecule has 25 heavy (non-hydrogen) atoms. The van der Waals surface area contributed by atoms with Crippen LogP contribution in [0, 0.1) is 0 Å². The van der Waals surface area contributed by atoms with E-state index in [4.69, 9.17) is 10.8 Å². The van der Waals surface area contributed by atoms with Crippen LogP contribution in [0.15, 0.2) is 48.1 Å². The summed E-state index contributed by atoms with van der Waals surface area (Å²) in [6, 6.07) is 5.15. The van der Waals surface area contributed by atoms with Crippen LogP contribution in [0.3, 0.4) is 0 Å². The van der Waals surface area contributed by atoms with Crippen molar-refractivity contribution in [1.29, 1.82) is 0 Å². The Morgan fingerprint density at radius 3 is 2.68 bits per heavy atom. The van der Waals surface area contributed by atoms with Gasteiger partial charge in [-0.25, -0.2) is 0 Å². The van der Waals surface area contributed by atoms with Gasteiger partial charge in [0.2, 0.25) is 0 Å². The monoisotopic (exact) mass is 341 g/mol. The number of aliphatic carboxylic acids is 1. The first-order valence-corrected chi connectivity index (χ1v) is 8.29. The molecule has 3 N–H and O–H groups in total. The Balaban J connectivity index is 0.00000151. The molecule has 2 rings (SSSR count). The predicted octanol–water partition coefficient (Wildman–Crippen LogP) is 3.43. The second-order valence-electron chi connectivity index (χ2n) is 5.38. The molecule has 1 atom stereocenters. The number of aryl methyl sites for hydroxylation is 1. The molecule has 2 aromatic rings. The van der Waals surface area contributed by atoms with Crippen molar-refractivity contribution in [3.63, 3.8) is 0 Å². The van der Waals surface area contributed by atoms with Crippen LogP contribution in [0.2, 0.25) is 0 Å². The molecule has 0 aliphatic carbocycles. The van der Waals surface area contributed by atoms with Gasteiger partial charge in [-0.15, -0.1) is 0 Å². The molecule has 0 spiro atoms. The molecule has 1 unspecified atom stereocenters. The largest absolute Gasteiger partial charge is 0.480 e. The first-order valence-electron chi connectivity index (χ1n) is 8.29. The zero-order valence-corrected chi connectivity index (χ0v) is 15.4. The third kappa shape index (κ3) is 4.90. The van der Waals surface area contributed by atoms with Crippen LogP contribution in [0.1, 0.15) is 25.0 Å². The van der Waals surface area contributed by atoms with Crippen LogP contribution in [0.5, 0.6) is 0 Å². The smallest absolute Gasteiger partial charge is 0.320 e. The number of nitrogens with two attached hydrogens (primary N) is 1. The molecule has 5 heteroatoms. The highest BCUT2D eigenvalue weighted by Gasteiger charge is 2.16. The minimum Gasteiger partial charge on any atom is -0.480 e. The fourth-order valence-corrected chi connectivity index (χ4v) is 2.57. The molecule has 1 aromatic carbocycles. The number of carbonyl (C=O) groups is 1. The molecule has 0 bridgehead atoms. The molecule has 1 aromatic heterocycles. The Labute approximate surface area is 149 Å². The quantitative estimate of drug-likeness (QED) is 0.624. The number of allylic oxidation sites excluding steroid dienone is 3.